The van der Waals surface area contributed by atoms with Crippen LogP contribution in [0.4, 0.5) is 4.79 Å². The summed E-state index contributed by atoms with van der Waals surface area (Å²) in [4.78, 5) is 35.0. The van der Waals surface area contributed by atoms with Crippen molar-refractivity contribution in [1.82, 2.24) is 15.1 Å². The molecule has 0 heterocycles. The van der Waals surface area contributed by atoms with Crippen LogP contribution in [0.25, 0.3) is 0 Å². The Bertz CT molecular complexity index is 814. The van der Waals surface area contributed by atoms with Gasteiger partial charge in [-0.1, -0.05) is 32.0 Å². The van der Waals surface area contributed by atoms with Crippen LogP contribution in [0.2, 0.25) is 0 Å². The smallest absolute Gasteiger partial charge is 0.414 e. The Kier molecular flexibility index (Phi) is 14.7. The highest BCUT2D eigenvalue weighted by atomic mass is 32.2. The Labute approximate surface area is 196 Å². The highest BCUT2D eigenvalue weighted by Crippen LogP contribution is 2.12. The number of nitrogens with one attached hydrogen (secondary N) is 1. The van der Waals surface area contributed by atoms with E-state index in [9.17, 15) is 13.2 Å². The lowest BCUT2D eigenvalue weighted by molar-refractivity contribution is -0.159. The van der Waals surface area contributed by atoms with E-state index in [4.69, 9.17) is 19.8 Å². The average molecular weight is 488 g/mol. The van der Waals surface area contributed by atoms with Crippen molar-refractivity contribution in [2.24, 2.45) is 0 Å². The number of amides is 2. The van der Waals surface area contributed by atoms with Crippen LogP contribution < -0.4 is 5.32 Å². The van der Waals surface area contributed by atoms with Gasteiger partial charge in [0.05, 0.1) is 10.6 Å². The highest BCUT2D eigenvalue weighted by molar-refractivity contribution is 7.91. The molecule has 1 rings (SSSR count). The molecule has 1 aromatic carbocycles. The maximum Gasteiger partial charge on any atom is 0.414 e. The van der Waals surface area contributed by atoms with Gasteiger partial charge in [0, 0.05) is 19.1 Å². The third-order valence-electron chi connectivity index (χ3n) is 4.80. The molecular weight excluding hydrogens is 450 g/mol. The minimum Gasteiger partial charge on any atom is -0.473 e. The lowest BCUT2D eigenvalue weighted by atomic mass is 10.3. The van der Waals surface area contributed by atoms with Crippen molar-refractivity contribution in [1.29, 1.82) is 0 Å². The molecule has 0 unspecified atom stereocenters. The zero-order valence-corrected chi connectivity index (χ0v) is 20.7. The average Bonchev–Trinajstić information content (AvgIpc) is 2.77. The van der Waals surface area contributed by atoms with Gasteiger partial charge in [0.15, 0.2) is 9.84 Å². The second kappa shape index (κ2) is 16.0. The van der Waals surface area contributed by atoms with E-state index in [-0.39, 0.29) is 17.8 Å². The number of carbonyl (C=O) groups is 3. The molecule has 11 heteroatoms. The van der Waals surface area contributed by atoms with Gasteiger partial charge in [0.2, 0.25) is 0 Å². The monoisotopic (exact) mass is 487 g/mol. The highest BCUT2D eigenvalue weighted by Gasteiger charge is 2.19. The number of carboxylic acids is 2. The second-order valence-corrected chi connectivity index (χ2v) is 9.60. The van der Waals surface area contributed by atoms with Crippen LogP contribution in [0.1, 0.15) is 40.5 Å². The molecule has 33 heavy (non-hydrogen) atoms. The fraction of sp³-hybridized carbons (Fsp3) is 0.591. The van der Waals surface area contributed by atoms with Crippen LogP contribution in [0.15, 0.2) is 35.2 Å². The molecule has 0 atom stereocenters. The predicted molar refractivity (Wildman–Crippen MR) is 126 cm³/mol. The lowest BCUT2D eigenvalue weighted by Gasteiger charge is -2.27. The van der Waals surface area contributed by atoms with Crippen molar-refractivity contribution in [3.8, 4) is 0 Å². The summed E-state index contributed by atoms with van der Waals surface area (Å²) >= 11 is 0. The van der Waals surface area contributed by atoms with E-state index in [2.05, 4.69) is 24.1 Å². The van der Waals surface area contributed by atoms with Gasteiger partial charge in [0.1, 0.15) is 0 Å². The first-order valence-electron chi connectivity index (χ1n) is 11.0. The van der Waals surface area contributed by atoms with E-state index in [1.54, 1.807) is 35.2 Å². The standard InChI is InChI=1S/C20H35N3O3S.C2H2O4/c1-5-22(6-2)15-10-14-21-20(24)23(18(3)4)16-11-17-27(25,26)19-12-8-7-9-13-19;3-1(4)2(5)6/h7-9,12-13,18H,5-6,10-11,14-17H2,1-4H3,(H,21,24);(H,3,4)(H,5,6). The first-order valence-corrected chi connectivity index (χ1v) is 12.6. The zero-order chi connectivity index (χ0) is 25.4. The van der Waals surface area contributed by atoms with E-state index in [0.717, 1.165) is 26.1 Å². The van der Waals surface area contributed by atoms with Crippen molar-refractivity contribution in [2.75, 3.05) is 38.5 Å². The quantitative estimate of drug-likeness (QED) is 0.300. The van der Waals surface area contributed by atoms with E-state index < -0.39 is 21.8 Å². The van der Waals surface area contributed by atoms with E-state index in [1.807, 2.05) is 13.8 Å². The molecule has 0 aliphatic heterocycles. The molecule has 0 fully saturated rings. The summed E-state index contributed by atoms with van der Waals surface area (Å²) in [5, 5.41) is 17.7. The maximum atomic E-state index is 12.4. The number of sulfone groups is 1. The van der Waals surface area contributed by atoms with Gasteiger partial charge in [-0.05, 0) is 58.5 Å². The summed E-state index contributed by atoms with van der Waals surface area (Å²) in [5.74, 6) is -3.61. The fourth-order valence-electron chi connectivity index (χ4n) is 2.90. The van der Waals surface area contributed by atoms with Crippen molar-refractivity contribution in [3.05, 3.63) is 30.3 Å². The summed E-state index contributed by atoms with van der Waals surface area (Å²) in [6.07, 6.45) is 1.32. The number of urea groups is 1. The Morgan fingerprint density at radius 2 is 1.48 bits per heavy atom. The number of aliphatic carboxylic acids is 2. The summed E-state index contributed by atoms with van der Waals surface area (Å²) in [6, 6.07) is 8.35. The molecule has 1 aromatic rings. The van der Waals surface area contributed by atoms with Crippen LogP contribution in [-0.2, 0) is 19.4 Å². The molecule has 0 saturated carbocycles. The first kappa shape index (κ1) is 30.3. The molecule has 0 spiro atoms. The Balaban J connectivity index is 0.00000150. The topological polar surface area (TPSA) is 144 Å². The van der Waals surface area contributed by atoms with E-state index >= 15 is 0 Å². The first-order chi connectivity index (χ1) is 15.5. The molecule has 0 bridgehead atoms. The lowest BCUT2D eigenvalue weighted by Crippen LogP contribution is -2.45. The van der Waals surface area contributed by atoms with Crippen LogP contribution in [0.3, 0.4) is 0 Å². The van der Waals surface area contributed by atoms with Gasteiger partial charge in [-0.2, -0.15) is 0 Å². The third kappa shape index (κ3) is 12.8. The fourth-order valence-corrected chi connectivity index (χ4v) is 4.22. The van der Waals surface area contributed by atoms with Gasteiger partial charge < -0.3 is 25.3 Å². The van der Waals surface area contributed by atoms with Gasteiger partial charge in [-0.3, -0.25) is 0 Å². The van der Waals surface area contributed by atoms with Crippen LogP contribution >= 0.6 is 0 Å². The normalized spacial score (nSPS) is 11.0. The Hall–Kier alpha value is -2.66. The molecule has 10 nitrogen and oxygen atoms in total. The third-order valence-corrected chi connectivity index (χ3v) is 6.62. The molecule has 0 aliphatic carbocycles. The summed E-state index contributed by atoms with van der Waals surface area (Å²) in [7, 11) is -3.31. The summed E-state index contributed by atoms with van der Waals surface area (Å²) in [6.45, 7) is 12.2. The molecule has 0 aromatic heterocycles. The van der Waals surface area contributed by atoms with E-state index in [0.29, 0.717) is 24.4 Å². The van der Waals surface area contributed by atoms with Gasteiger partial charge in [-0.25, -0.2) is 22.8 Å². The van der Waals surface area contributed by atoms with Crippen molar-refractivity contribution >= 4 is 27.8 Å². The van der Waals surface area contributed by atoms with Crippen molar-refractivity contribution in [3.63, 3.8) is 0 Å². The predicted octanol–water partition coefficient (Wildman–Crippen LogP) is 2.16. The molecule has 2 amide bonds. The summed E-state index contributed by atoms with van der Waals surface area (Å²) in [5.41, 5.74) is 0. The van der Waals surface area contributed by atoms with Crippen LogP contribution in [0.5, 0.6) is 0 Å². The number of benzene rings is 1. The van der Waals surface area contributed by atoms with Gasteiger partial charge >= 0.3 is 18.0 Å². The molecule has 0 saturated heterocycles. The minimum absolute atomic E-state index is 0.0206. The van der Waals surface area contributed by atoms with Crippen LogP contribution in [0, 0.1) is 0 Å². The van der Waals surface area contributed by atoms with E-state index in [1.165, 1.54) is 0 Å². The number of rotatable bonds is 12. The number of nitrogens with zero attached hydrogens (tertiary/aromatic N) is 2. The maximum absolute atomic E-state index is 12.4. The van der Waals surface area contributed by atoms with Gasteiger partial charge in [0.25, 0.3) is 0 Å². The number of hydrogen-bond donors (Lipinski definition) is 3. The van der Waals surface area contributed by atoms with Gasteiger partial charge in [-0.15, -0.1) is 0 Å². The zero-order valence-electron chi connectivity index (χ0n) is 19.9. The largest absolute Gasteiger partial charge is 0.473 e. The molecule has 188 valence electrons. The van der Waals surface area contributed by atoms with Crippen molar-refractivity contribution < 1.29 is 33.0 Å². The number of hydrogen-bond acceptors (Lipinski definition) is 6. The molecule has 0 aliphatic rings. The van der Waals surface area contributed by atoms with Crippen molar-refractivity contribution in [2.45, 2.75) is 51.5 Å². The Morgan fingerprint density at radius 1 is 0.939 bits per heavy atom. The minimum atomic E-state index is -3.31. The Morgan fingerprint density at radius 3 is 1.94 bits per heavy atom. The number of carboxylic acid groups (broad SMARTS) is 2. The summed E-state index contributed by atoms with van der Waals surface area (Å²) < 4.78 is 24.7. The molecule has 0 radical (unpaired) electrons. The SMILES string of the molecule is CCN(CC)CCCNC(=O)N(CCCS(=O)(=O)c1ccccc1)C(C)C.O=C(O)C(=O)O. The number of carbonyl (C=O) groups excluding carboxylic acids is 1. The molecule has 3 N–H and O–H groups in total. The molecular formula is C22H37N3O7S. The second-order valence-electron chi connectivity index (χ2n) is 7.50. The van der Waals surface area contributed by atoms with Crippen LogP contribution in [-0.4, -0.2) is 90.9 Å².